The van der Waals surface area contributed by atoms with Crippen LogP contribution in [0.5, 0.6) is 11.5 Å². The monoisotopic (exact) mass is 451 g/mol. The Balaban J connectivity index is 1.53. The minimum absolute atomic E-state index is 0.182. The summed E-state index contributed by atoms with van der Waals surface area (Å²) in [6, 6.07) is 15.0. The topological polar surface area (TPSA) is 62.3 Å². The second-order valence-electron chi connectivity index (χ2n) is 7.88. The molecule has 1 heterocycles. The normalized spacial score (nSPS) is 14.3. The second kappa shape index (κ2) is 12.1. The van der Waals surface area contributed by atoms with Crippen LogP contribution in [0.25, 0.3) is 0 Å². The molecule has 0 bridgehead atoms. The Bertz CT molecular complexity index is 946. The molecule has 1 fully saturated rings. The first-order valence-corrected chi connectivity index (χ1v) is 11.4. The third-order valence-electron chi connectivity index (χ3n) is 5.78. The standard InChI is InChI=1S/C26H33N3O4/c1-4-29(5-2)26(31)33-25-9-7-6-8-23(25)24(30)14-15-27-16-18-28(19-17-27)20-21-10-12-22(32-3)13-11-21/h6-15H,4-5,16-20H2,1-3H3. The maximum Gasteiger partial charge on any atom is 0.415 e. The molecule has 1 aliphatic rings. The number of hydrogen-bond donors (Lipinski definition) is 0. The summed E-state index contributed by atoms with van der Waals surface area (Å²) in [7, 11) is 1.67. The van der Waals surface area contributed by atoms with E-state index in [0.29, 0.717) is 18.7 Å². The van der Waals surface area contributed by atoms with Crippen molar-refractivity contribution in [2.24, 2.45) is 0 Å². The van der Waals surface area contributed by atoms with Gasteiger partial charge in [0.1, 0.15) is 11.5 Å². The van der Waals surface area contributed by atoms with Crippen LogP contribution < -0.4 is 9.47 Å². The molecule has 7 heteroatoms. The smallest absolute Gasteiger partial charge is 0.415 e. The number of amides is 1. The number of nitrogens with zero attached hydrogens (tertiary/aromatic N) is 3. The van der Waals surface area contributed by atoms with Gasteiger partial charge in [-0.1, -0.05) is 24.3 Å². The highest BCUT2D eigenvalue weighted by molar-refractivity contribution is 6.06. The van der Waals surface area contributed by atoms with Crippen LogP contribution >= 0.6 is 0 Å². The molecule has 1 amide bonds. The lowest BCUT2D eigenvalue weighted by atomic mass is 10.1. The van der Waals surface area contributed by atoms with Crippen LogP contribution in [0.15, 0.2) is 60.8 Å². The van der Waals surface area contributed by atoms with Crippen molar-refractivity contribution < 1.29 is 19.1 Å². The van der Waals surface area contributed by atoms with Gasteiger partial charge in [0, 0.05) is 58.1 Å². The van der Waals surface area contributed by atoms with E-state index in [0.717, 1.165) is 38.5 Å². The van der Waals surface area contributed by atoms with Crippen molar-refractivity contribution in [3.63, 3.8) is 0 Å². The van der Waals surface area contributed by atoms with E-state index in [1.165, 1.54) is 5.56 Å². The SMILES string of the molecule is CCN(CC)C(=O)Oc1ccccc1C(=O)C=CN1CCN(Cc2ccc(OC)cc2)CC1. The van der Waals surface area contributed by atoms with E-state index >= 15 is 0 Å². The number of carbonyl (C=O) groups is 2. The van der Waals surface area contributed by atoms with Gasteiger partial charge in [0.2, 0.25) is 0 Å². The number of methoxy groups -OCH3 is 1. The highest BCUT2D eigenvalue weighted by Crippen LogP contribution is 2.20. The lowest BCUT2D eigenvalue weighted by Crippen LogP contribution is -2.43. The Hall–Kier alpha value is -3.32. The van der Waals surface area contributed by atoms with Crippen molar-refractivity contribution in [1.82, 2.24) is 14.7 Å². The molecule has 0 atom stereocenters. The maximum absolute atomic E-state index is 12.8. The fraction of sp³-hybridized carbons (Fsp3) is 0.385. The van der Waals surface area contributed by atoms with E-state index in [1.54, 1.807) is 42.4 Å². The summed E-state index contributed by atoms with van der Waals surface area (Å²) in [4.78, 5) is 31.2. The molecule has 0 N–H and O–H groups in total. The van der Waals surface area contributed by atoms with Gasteiger partial charge in [-0.3, -0.25) is 9.69 Å². The molecule has 3 rings (SSSR count). The first-order chi connectivity index (χ1) is 16.0. The van der Waals surface area contributed by atoms with Crippen molar-refractivity contribution in [3.8, 4) is 11.5 Å². The molecular formula is C26H33N3O4. The largest absolute Gasteiger partial charge is 0.497 e. The van der Waals surface area contributed by atoms with Crippen molar-refractivity contribution in [3.05, 3.63) is 71.9 Å². The highest BCUT2D eigenvalue weighted by atomic mass is 16.6. The Labute approximate surface area is 196 Å². The molecule has 0 saturated carbocycles. The van der Waals surface area contributed by atoms with Crippen LogP contribution in [0, 0.1) is 0 Å². The summed E-state index contributed by atoms with van der Waals surface area (Å²) in [5.41, 5.74) is 1.64. The molecule has 0 aromatic heterocycles. The molecule has 0 spiro atoms. The summed E-state index contributed by atoms with van der Waals surface area (Å²) >= 11 is 0. The Kier molecular flexibility index (Phi) is 8.89. The summed E-state index contributed by atoms with van der Waals surface area (Å²) < 4.78 is 10.7. The molecule has 0 radical (unpaired) electrons. The number of piperazine rings is 1. The van der Waals surface area contributed by atoms with Crippen LogP contribution in [0.3, 0.4) is 0 Å². The average Bonchev–Trinajstić information content (AvgIpc) is 2.85. The second-order valence-corrected chi connectivity index (χ2v) is 7.88. The zero-order valence-electron chi connectivity index (χ0n) is 19.7. The predicted octanol–water partition coefficient (Wildman–Crippen LogP) is 4.05. The first-order valence-electron chi connectivity index (χ1n) is 11.4. The van der Waals surface area contributed by atoms with Crippen LogP contribution in [0.2, 0.25) is 0 Å². The highest BCUT2D eigenvalue weighted by Gasteiger charge is 2.18. The van der Waals surface area contributed by atoms with Crippen molar-refractivity contribution in [1.29, 1.82) is 0 Å². The minimum atomic E-state index is -0.447. The van der Waals surface area contributed by atoms with E-state index in [1.807, 2.05) is 32.2 Å². The molecule has 0 unspecified atom stereocenters. The van der Waals surface area contributed by atoms with E-state index in [-0.39, 0.29) is 11.5 Å². The van der Waals surface area contributed by atoms with Gasteiger partial charge in [-0.25, -0.2) is 4.79 Å². The molecule has 176 valence electrons. The lowest BCUT2D eigenvalue weighted by Gasteiger charge is -2.34. The maximum atomic E-state index is 12.8. The minimum Gasteiger partial charge on any atom is -0.497 e. The van der Waals surface area contributed by atoms with E-state index < -0.39 is 6.09 Å². The molecule has 7 nitrogen and oxygen atoms in total. The number of ketones is 1. The molecule has 2 aromatic rings. The van der Waals surface area contributed by atoms with Gasteiger partial charge in [0.25, 0.3) is 0 Å². The van der Waals surface area contributed by atoms with Crippen LogP contribution in [-0.4, -0.2) is 73.0 Å². The number of carbonyl (C=O) groups excluding carboxylic acids is 2. The Morgan fingerprint density at radius 2 is 1.64 bits per heavy atom. The Morgan fingerprint density at radius 3 is 2.27 bits per heavy atom. The van der Waals surface area contributed by atoms with Crippen LogP contribution in [0.4, 0.5) is 4.79 Å². The number of hydrogen-bond acceptors (Lipinski definition) is 6. The molecule has 0 aliphatic carbocycles. The first kappa shape index (κ1) is 24.3. The number of para-hydroxylation sites is 1. The van der Waals surface area contributed by atoms with Gasteiger partial charge in [0.05, 0.1) is 12.7 Å². The summed E-state index contributed by atoms with van der Waals surface area (Å²) in [5, 5.41) is 0. The van der Waals surface area contributed by atoms with Gasteiger partial charge >= 0.3 is 6.09 Å². The van der Waals surface area contributed by atoms with Gasteiger partial charge < -0.3 is 19.3 Å². The van der Waals surface area contributed by atoms with Gasteiger partial charge in [-0.05, 0) is 43.7 Å². The summed E-state index contributed by atoms with van der Waals surface area (Å²) in [6.07, 6.45) is 2.96. The van der Waals surface area contributed by atoms with Crippen LogP contribution in [0.1, 0.15) is 29.8 Å². The number of ether oxygens (including phenoxy) is 2. The number of benzene rings is 2. The zero-order chi connectivity index (χ0) is 23.6. The third kappa shape index (κ3) is 6.83. The lowest BCUT2D eigenvalue weighted by molar-refractivity contribution is 0.103. The van der Waals surface area contributed by atoms with Crippen LogP contribution in [-0.2, 0) is 6.54 Å². The van der Waals surface area contributed by atoms with E-state index in [2.05, 4.69) is 21.9 Å². The number of allylic oxidation sites excluding steroid dienone is 1. The molecular weight excluding hydrogens is 418 g/mol. The van der Waals surface area contributed by atoms with Gasteiger partial charge in [-0.15, -0.1) is 0 Å². The number of rotatable bonds is 9. The fourth-order valence-corrected chi connectivity index (χ4v) is 3.72. The average molecular weight is 452 g/mol. The molecule has 2 aromatic carbocycles. The quantitative estimate of drug-likeness (QED) is 0.423. The van der Waals surface area contributed by atoms with Crippen molar-refractivity contribution in [2.45, 2.75) is 20.4 Å². The zero-order valence-corrected chi connectivity index (χ0v) is 19.7. The van der Waals surface area contributed by atoms with Crippen molar-refractivity contribution in [2.75, 3.05) is 46.4 Å². The third-order valence-corrected chi connectivity index (χ3v) is 5.78. The van der Waals surface area contributed by atoms with Gasteiger partial charge in [-0.2, -0.15) is 0 Å². The fourth-order valence-electron chi connectivity index (χ4n) is 3.72. The molecule has 1 aliphatic heterocycles. The van der Waals surface area contributed by atoms with Crippen molar-refractivity contribution >= 4 is 11.9 Å². The van der Waals surface area contributed by atoms with E-state index in [9.17, 15) is 9.59 Å². The predicted molar refractivity (Wildman–Crippen MR) is 129 cm³/mol. The summed E-state index contributed by atoms with van der Waals surface area (Å²) in [6.45, 7) is 9.31. The van der Waals surface area contributed by atoms with Gasteiger partial charge in [0.15, 0.2) is 5.78 Å². The summed E-state index contributed by atoms with van der Waals surface area (Å²) in [5.74, 6) is 0.967. The Morgan fingerprint density at radius 1 is 0.970 bits per heavy atom. The molecule has 1 saturated heterocycles. The van der Waals surface area contributed by atoms with E-state index in [4.69, 9.17) is 9.47 Å². The molecule has 33 heavy (non-hydrogen) atoms.